The maximum absolute atomic E-state index is 12.5. The summed E-state index contributed by atoms with van der Waals surface area (Å²) in [5, 5.41) is 4.43. The van der Waals surface area contributed by atoms with Crippen LogP contribution in [0, 0.1) is 0 Å². The molecular weight excluding hydrogens is 335 g/mol. The molecule has 2 aromatic rings. The smallest absolute Gasteiger partial charge is 0.298 e. The number of nitrogens with zero attached hydrogens (tertiary/aromatic N) is 3. The highest BCUT2D eigenvalue weighted by Gasteiger charge is 2.28. The molecule has 124 valence electrons. The lowest BCUT2D eigenvalue weighted by molar-refractivity contribution is -0.136. The Balaban J connectivity index is 2.47. The van der Waals surface area contributed by atoms with Crippen LogP contribution in [0.2, 0.25) is 5.02 Å². The van der Waals surface area contributed by atoms with E-state index in [0.29, 0.717) is 10.6 Å². The van der Waals surface area contributed by atoms with Gasteiger partial charge in [-0.1, -0.05) is 11.6 Å². The van der Waals surface area contributed by atoms with E-state index in [1.165, 1.54) is 6.92 Å². The summed E-state index contributed by atoms with van der Waals surface area (Å²) in [5.74, 6) is -0.257. The van der Waals surface area contributed by atoms with Crippen LogP contribution in [0.3, 0.4) is 0 Å². The first-order chi connectivity index (χ1) is 10.7. The fourth-order valence-corrected chi connectivity index (χ4v) is 2.13. The first kappa shape index (κ1) is 17.3. The van der Waals surface area contributed by atoms with E-state index in [1.807, 2.05) is 0 Å². The zero-order valence-corrected chi connectivity index (χ0v) is 12.9. The minimum atomic E-state index is -4.40. The molecule has 0 saturated carbocycles. The number of hydrogen-bond donors (Lipinski definition) is 0. The normalized spacial score (nSPS) is 11.7. The molecule has 0 atom stereocenters. The van der Waals surface area contributed by atoms with Crippen LogP contribution in [-0.2, 0) is 17.9 Å². The van der Waals surface area contributed by atoms with E-state index >= 15 is 0 Å². The van der Waals surface area contributed by atoms with Crippen molar-refractivity contribution >= 4 is 17.4 Å². The molecule has 1 heterocycles. The van der Waals surface area contributed by atoms with E-state index in [-0.39, 0.29) is 18.2 Å². The molecule has 0 saturated heterocycles. The highest BCUT2D eigenvalue weighted by Crippen LogP contribution is 2.23. The molecule has 0 radical (unpaired) electrons. The van der Waals surface area contributed by atoms with Gasteiger partial charge in [0.25, 0.3) is 0 Å². The van der Waals surface area contributed by atoms with Crippen molar-refractivity contribution in [3.8, 4) is 11.4 Å². The largest absolute Gasteiger partial charge is 0.390 e. The Labute approximate surface area is 134 Å². The lowest BCUT2D eigenvalue weighted by Crippen LogP contribution is -2.28. The Morgan fingerprint density at radius 2 is 1.87 bits per heavy atom. The summed E-state index contributed by atoms with van der Waals surface area (Å²) >= 11 is 5.78. The number of aromatic nitrogens is 3. The van der Waals surface area contributed by atoms with Gasteiger partial charge in [0.1, 0.15) is 6.54 Å². The van der Waals surface area contributed by atoms with Gasteiger partial charge in [0, 0.05) is 17.1 Å². The van der Waals surface area contributed by atoms with E-state index < -0.39 is 24.8 Å². The molecule has 0 aliphatic rings. The van der Waals surface area contributed by atoms with Crippen molar-refractivity contribution in [2.24, 2.45) is 0 Å². The second-order valence-electron chi connectivity index (χ2n) is 4.99. The number of ketones is 1. The molecule has 0 bridgehead atoms. The molecule has 2 rings (SSSR count). The number of benzene rings is 1. The Morgan fingerprint density at radius 1 is 1.26 bits per heavy atom. The summed E-state index contributed by atoms with van der Waals surface area (Å²) in [4.78, 5) is 23.4. The lowest BCUT2D eigenvalue weighted by atomic mass is 10.2. The maximum Gasteiger partial charge on any atom is 0.390 e. The first-order valence-electron chi connectivity index (χ1n) is 6.67. The summed E-state index contributed by atoms with van der Waals surface area (Å²) in [6, 6.07) is 6.18. The van der Waals surface area contributed by atoms with Crippen LogP contribution >= 0.6 is 11.6 Å². The fourth-order valence-electron chi connectivity index (χ4n) is 2.01. The minimum absolute atomic E-state index is 0.0668. The minimum Gasteiger partial charge on any atom is -0.298 e. The predicted molar refractivity (Wildman–Crippen MR) is 78.3 cm³/mol. The average molecular weight is 348 g/mol. The number of carbonyl (C=O) groups excluding carboxylic acids is 1. The van der Waals surface area contributed by atoms with Gasteiger partial charge in [-0.25, -0.2) is 9.48 Å². The maximum atomic E-state index is 12.5. The number of Topliss-reactive ketones (excluding diaryl/α,β-unsaturated/α-hetero) is 1. The Kier molecular flexibility index (Phi) is 4.93. The summed E-state index contributed by atoms with van der Waals surface area (Å²) in [7, 11) is 0. The third-order valence-electron chi connectivity index (χ3n) is 3.02. The number of hydrogen-bond acceptors (Lipinski definition) is 3. The molecule has 5 nitrogen and oxygen atoms in total. The van der Waals surface area contributed by atoms with Crippen molar-refractivity contribution in [2.45, 2.75) is 32.6 Å². The molecule has 0 spiro atoms. The molecule has 1 aromatic heterocycles. The SMILES string of the molecule is CC(=O)Cn1nc(-c2ccc(Cl)cc2)n(CCC(F)(F)F)c1=O. The molecule has 0 aliphatic carbocycles. The van der Waals surface area contributed by atoms with Gasteiger partial charge in [0.05, 0.1) is 6.42 Å². The molecule has 0 aliphatic heterocycles. The van der Waals surface area contributed by atoms with Crippen molar-refractivity contribution in [1.82, 2.24) is 14.3 Å². The Hall–Kier alpha value is -2.09. The van der Waals surface area contributed by atoms with Crippen LogP contribution in [0.4, 0.5) is 13.2 Å². The molecule has 0 amide bonds. The second kappa shape index (κ2) is 6.57. The van der Waals surface area contributed by atoms with Gasteiger partial charge in [-0.3, -0.25) is 9.36 Å². The number of carbonyl (C=O) groups is 1. The van der Waals surface area contributed by atoms with Crippen molar-refractivity contribution in [3.05, 3.63) is 39.8 Å². The van der Waals surface area contributed by atoms with Gasteiger partial charge >= 0.3 is 11.9 Å². The summed E-state index contributed by atoms with van der Waals surface area (Å²) in [6.45, 7) is 0.403. The quantitative estimate of drug-likeness (QED) is 0.835. The van der Waals surface area contributed by atoms with Crippen LogP contribution in [-0.4, -0.2) is 26.3 Å². The van der Waals surface area contributed by atoms with Crippen molar-refractivity contribution in [1.29, 1.82) is 0 Å². The highest BCUT2D eigenvalue weighted by atomic mass is 35.5. The Morgan fingerprint density at radius 3 is 2.39 bits per heavy atom. The van der Waals surface area contributed by atoms with E-state index in [0.717, 1.165) is 9.25 Å². The average Bonchev–Trinajstić information content (AvgIpc) is 2.73. The van der Waals surface area contributed by atoms with Gasteiger partial charge in [-0.15, -0.1) is 5.10 Å². The summed E-state index contributed by atoms with van der Waals surface area (Å²) in [6.07, 6.45) is -5.57. The molecule has 0 fully saturated rings. The number of halogens is 4. The molecule has 9 heteroatoms. The van der Waals surface area contributed by atoms with Crippen LogP contribution in [0.5, 0.6) is 0 Å². The van der Waals surface area contributed by atoms with E-state index in [9.17, 15) is 22.8 Å². The van der Waals surface area contributed by atoms with Gasteiger partial charge < -0.3 is 0 Å². The molecule has 0 unspecified atom stereocenters. The predicted octanol–water partition coefficient (Wildman–Crippen LogP) is 2.91. The fraction of sp³-hybridized carbons (Fsp3) is 0.357. The standard InChI is InChI=1S/C14H13ClF3N3O2/c1-9(22)8-21-13(23)20(7-6-14(16,17)18)12(19-21)10-2-4-11(15)5-3-10/h2-5H,6-8H2,1H3. The van der Waals surface area contributed by atoms with E-state index in [2.05, 4.69) is 5.10 Å². The lowest BCUT2D eigenvalue weighted by Gasteiger charge is -2.08. The summed E-state index contributed by atoms with van der Waals surface area (Å²) < 4.78 is 39.2. The third kappa shape index (κ3) is 4.44. The molecule has 0 N–H and O–H groups in total. The molecular formula is C14H13ClF3N3O2. The van der Waals surface area contributed by atoms with Crippen molar-refractivity contribution in [3.63, 3.8) is 0 Å². The molecule has 1 aromatic carbocycles. The van der Waals surface area contributed by atoms with Crippen LogP contribution in [0.15, 0.2) is 29.1 Å². The third-order valence-corrected chi connectivity index (χ3v) is 3.27. The van der Waals surface area contributed by atoms with Gasteiger partial charge in [-0.05, 0) is 31.2 Å². The van der Waals surface area contributed by atoms with Crippen molar-refractivity contribution in [2.75, 3.05) is 0 Å². The molecule has 23 heavy (non-hydrogen) atoms. The highest BCUT2D eigenvalue weighted by molar-refractivity contribution is 6.30. The first-order valence-corrected chi connectivity index (χ1v) is 7.05. The monoisotopic (exact) mass is 347 g/mol. The van der Waals surface area contributed by atoms with Crippen LogP contribution in [0.25, 0.3) is 11.4 Å². The summed E-state index contributed by atoms with van der Waals surface area (Å²) in [5.41, 5.74) is -0.314. The van der Waals surface area contributed by atoms with E-state index in [4.69, 9.17) is 11.6 Å². The van der Waals surface area contributed by atoms with Gasteiger partial charge in [0.15, 0.2) is 11.6 Å². The van der Waals surface area contributed by atoms with E-state index in [1.54, 1.807) is 24.3 Å². The zero-order chi connectivity index (χ0) is 17.2. The number of alkyl halides is 3. The second-order valence-corrected chi connectivity index (χ2v) is 5.43. The topological polar surface area (TPSA) is 56.9 Å². The number of rotatable bonds is 5. The van der Waals surface area contributed by atoms with Gasteiger partial charge in [-0.2, -0.15) is 13.2 Å². The zero-order valence-electron chi connectivity index (χ0n) is 12.1. The van der Waals surface area contributed by atoms with Crippen LogP contribution in [0.1, 0.15) is 13.3 Å². The Bertz CT molecular complexity index is 763. The van der Waals surface area contributed by atoms with Gasteiger partial charge in [0.2, 0.25) is 0 Å². The van der Waals surface area contributed by atoms with Crippen molar-refractivity contribution < 1.29 is 18.0 Å². The van der Waals surface area contributed by atoms with Crippen LogP contribution < -0.4 is 5.69 Å².